The van der Waals surface area contributed by atoms with Crippen molar-refractivity contribution in [3.8, 4) is 5.75 Å². The third kappa shape index (κ3) is 4.37. The predicted molar refractivity (Wildman–Crippen MR) is 72.5 cm³/mol. The fraction of sp³-hybridized carbons (Fsp3) is 0.500. The smallest absolute Gasteiger partial charge is 0.220 e. The molecule has 1 amide bonds. The number of hydrogen-bond acceptors (Lipinski definition) is 3. The first-order valence-corrected chi connectivity index (χ1v) is 6.33. The molecule has 0 aliphatic carbocycles. The molecule has 0 unspecified atom stereocenters. The standard InChI is InChI=1S/C14H22N2O2/c1-3-12-9-11(6-7-13(12)18-2)10-16-14(17)5-4-8-15/h6-7,9H,3-5,8,10,15H2,1-2H3,(H,16,17). The first kappa shape index (κ1) is 14.5. The second kappa shape index (κ2) is 7.71. The van der Waals surface area contributed by atoms with Crippen LogP contribution in [0.5, 0.6) is 5.75 Å². The van der Waals surface area contributed by atoms with Gasteiger partial charge in [-0.1, -0.05) is 19.1 Å². The van der Waals surface area contributed by atoms with E-state index in [-0.39, 0.29) is 5.91 Å². The van der Waals surface area contributed by atoms with Crippen molar-refractivity contribution in [2.75, 3.05) is 13.7 Å². The van der Waals surface area contributed by atoms with Crippen LogP contribution in [0.25, 0.3) is 0 Å². The van der Waals surface area contributed by atoms with Gasteiger partial charge in [0, 0.05) is 13.0 Å². The van der Waals surface area contributed by atoms with E-state index in [2.05, 4.69) is 18.3 Å². The molecule has 0 bridgehead atoms. The van der Waals surface area contributed by atoms with Gasteiger partial charge in [-0.25, -0.2) is 0 Å². The Morgan fingerprint density at radius 1 is 1.44 bits per heavy atom. The summed E-state index contributed by atoms with van der Waals surface area (Å²) in [6, 6.07) is 5.99. The van der Waals surface area contributed by atoms with E-state index in [0.717, 1.165) is 29.7 Å². The van der Waals surface area contributed by atoms with Crippen LogP contribution in [0.15, 0.2) is 18.2 Å². The van der Waals surface area contributed by atoms with E-state index in [0.29, 0.717) is 19.5 Å². The van der Waals surface area contributed by atoms with Crippen molar-refractivity contribution < 1.29 is 9.53 Å². The Balaban J connectivity index is 2.55. The maximum absolute atomic E-state index is 11.5. The summed E-state index contributed by atoms with van der Waals surface area (Å²) in [7, 11) is 1.67. The average Bonchev–Trinajstić information content (AvgIpc) is 2.42. The summed E-state index contributed by atoms with van der Waals surface area (Å²) in [5.41, 5.74) is 7.61. The second-order valence-corrected chi connectivity index (χ2v) is 4.17. The minimum atomic E-state index is 0.0503. The molecule has 18 heavy (non-hydrogen) atoms. The lowest BCUT2D eigenvalue weighted by molar-refractivity contribution is -0.121. The number of ether oxygens (including phenoxy) is 1. The Bertz CT molecular complexity index is 391. The Morgan fingerprint density at radius 2 is 2.22 bits per heavy atom. The zero-order chi connectivity index (χ0) is 13.4. The maximum Gasteiger partial charge on any atom is 0.220 e. The lowest BCUT2D eigenvalue weighted by Crippen LogP contribution is -2.23. The summed E-state index contributed by atoms with van der Waals surface area (Å²) in [6.07, 6.45) is 2.14. The van der Waals surface area contributed by atoms with E-state index in [4.69, 9.17) is 10.5 Å². The highest BCUT2D eigenvalue weighted by molar-refractivity contribution is 5.75. The quantitative estimate of drug-likeness (QED) is 0.772. The number of amides is 1. The molecule has 0 aliphatic heterocycles. The number of benzene rings is 1. The molecule has 0 saturated carbocycles. The van der Waals surface area contributed by atoms with Crippen molar-refractivity contribution in [3.63, 3.8) is 0 Å². The lowest BCUT2D eigenvalue weighted by atomic mass is 10.1. The molecule has 1 aromatic carbocycles. The van der Waals surface area contributed by atoms with Crippen LogP contribution in [-0.2, 0) is 17.8 Å². The van der Waals surface area contributed by atoms with Gasteiger partial charge in [-0.15, -0.1) is 0 Å². The Morgan fingerprint density at radius 3 is 2.83 bits per heavy atom. The van der Waals surface area contributed by atoms with Crippen LogP contribution in [0.1, 0.15) is 30.9 Å². The molecule has 3 N–H and O–H groups in total. The van der Waals surface area contributed by atoms with Gasteiger partial charge in [0.2, 0.25) is 5.91 Å². The van der Waals surface area contributed by atoms with Crippen LogP contribution in [0.3, 0.4) is 0 Å². The second-order valence-electron chi connectivity index (χ2n) is 4.17. The van der Waals surface area contributed by atoms with E-state index in [1.54, 1.807) is 7.11 Å². The van der Waals surface area contributed by atoms with Gasteiger partial charge in [0.1, 0.15) is 5.75 Å². The number of nitrogens with two attached hydrogens (primary N) is 1. The van der Waals surface area contributed by atoms with Crippen molar-refractivity contribution in [3.05, 3.63) is 29.3 Å². The zero-order valence-corrected chi connectivity index (χ0v) is 11.2. The summed E-state index contributed by atoms with van der Waals surface area (Å²) in [5, 5.41) is 2.89. The topological polar surface area (TPSA) is 64.4 Å². The summed E-state index contributed by atoms with van der Waals surface area (Å²) in [5.74, 6) is 0.949. The van der Waals surface area contributed by atoms with Gasteiger partial charge < -0.3 is 15.8 Å². The molecule has 1 rings (SSSR count). The number of methoxy groups -OCH3 is 1. The maximum atomic E-state index is 11.5. The van der Waals surface area contributed by atoms with Crippen LogP contribution < -0.4 is 15.8 Å². The van der Waals surface area contributed by atoms with Crippen LogP contribution in [0.2, 0.25) is 0 Å². The molecule has 4 heteroatoms. The van der Waals surface area contributed by atoms with Gasteiger partial charge in [-0.3, -0.25) is 4.79 Å². The molecule has 0 radical (unpaired) electrons. The van der Waals surface area contributed by atoms with E-state index in [1.165, 1.54) is 0 Å². The molecular weight excluding hydrogens is 228 g/mol. The molecule has 4 nitrogen and oxygen atoms in total. The number of carbonyl (C=O) groups is 1. The fourth-order valence-electron chi connectivity index (χ4n) is 1.77. The summed E-state index contributed by atoms with van der Waals surface area (Å²) >= 11 is 0. The van der Waals surface area contributed by atoms with Gasteiger partial charge in [-0.2, -0.15) is 0 Å². The number of rotatable bonds is 7. The van der Waals surface area contributed by atoms with E-state index in [1.807, 2.05) is 12.1 Å². The van der Waals surface area contributed by atoms with E-state index < -0.39 is 0 Å². The average molecular weight is 250 g/mol. The van der Waals surface area contributed by atoms with Crippen molar-refractivity contribution in [1.29, 1.82) is 0 Å². The first-order chi connectivity index (χ1) is 8.71. The molecule has 0 atom stereocenters. The van der Waals surface area contributed by atoms with Crippen molar-refractivity contribution in [2.24, 2.45) is 5.73 Å². The molecule has 1 aromatic rings. The minimum absolute atomic E-state index is 0.0503. The molecule has 100 valence electrons. The lowest BCUT2D eigenvalue weighted by Gasteiger charge is -2.10. The van der Waals surface area contributed by atoms with Gasteiger partial charge in [0.25, 0.3) is 0 Å². The number of nitrogens with one attached hydrogen (secondary N) is 1. The molecule has 0 spiro atoms. The minimum Gasteiger partial charge on any atom is -0.496 e. The molecular formula is C14H22N2O2. The van der Waals surface area contributed by atoms with Crippen molar-refractivity contribution in [2.45, 2.75) is 32.7 Å². The Kier molecular flexibility index (Phi) is 6.22. The monoisotopic (exact) mass is 250 g/mol. The first-order valence-electron chi connectivity index (χ1n) is 6.33. The predicted octanol–water partition coefficient (Wildman–Crippen LogP) is 1.61. The zero-order valence-electron chi connectivity index (χ0n) is 11.2. The molecule has 0 saturated heterocycles. The molecule has 0 aromatic heterocycles. The largest absolute Gasteiger partial charge is 0.496 e. The third-order valence-corrected chi connectivity index (χ3v) is 2.82. The molecule has 0 fully saturated rings. The summed E-state index contributed by atoms with van der Waals surface area (Å²) in [4.78, 5) is 11.5. The van der Waals surface area contributed by atoms with Gasteiger partial charge in [0.15, 0.2) is 0 Å². The normalized spacial score (nSPS) is 10.2. The van der Waals surface area contributed by atoms with Gasteiger partial charge in [0.05, 0.1) is 7.11 Å². The fourth-order valence-corrected chi connectivity index (χ4v) is 1.77. The Hall–Kier alpha value is -1.55. The molecule has 0 aliphatic rings. The highest BCUT2D eigenvalue weighted by Gasteiger charge is 2.04. The third-order valence-electron chi connectivity index (χ3n) is 2.82. The van der Waals surface area contributed by atoms with E-state index >= 15 is 0 Å². The van der Waals surface area contributed by atoms with Crippen LogP contribution >= 0.6 is 0 Å². The SMILES string of the molecule is CCc1cc(CNC(=O)CCCN)ccc1OC. The summed E-state index contributed by atoms with van der Waals surface area (Å²) < 4.78 is 5.27. The van der Waals surface area contributed by atoms with Crippen LogP contribution in [0, 0.1) is 0 Å². The molecule has 0 heterocycles. The van der Waals surface area contributed by atoms with Crippen molar-refractivity contribution in [1.82, 2.24) is 5.32 Å². The van der Waals surface area contributed by atoms with Gasteiger partial charge >= 0.3 is 0 Å². The number of carbonyl (C=O) groups excluding carboxylic acids is 1. The van der Waals surface area contributed by atoms with Crippen LogP contribution in [0.4, 0.5) is 0 Å². The van der Waals surface area contributed by atoms with Gasteiger partial charge in [-0.05, 0) is 36.6 Å². The van der Waals surface area contributed by atoms with Crippen molar-refractivity contribution >= 4 is 5.91 Å². The van der Waals surface area contributed by atoms with Crippen LogP contribution in [-0.4, -0.2) is 19.6 Å². The summed E-state index contributed by atoms with van der Waals surface area (Å²) in [6.45, 7) is 3.19. The highest BCUT2D eigenvalue weighted by Crippen LogP contribution is 2.20. The highest BCUT2D eigenvalue weighted by atomic mass is 16.5. The number of aryl methyl sites for hydroxylation is 1. The van der Waals surface area contributed by atoms with E-state index in [9.17, 15) is 4.79 Å². The number of hydrogen-bond donors (Lipinski definition) is 2. The Labute approximate surface area is 109 Å².